The van der Waals surface area contributed by atoms with Crippen molar-refractivity contribution in [2.45, 2.75) is 4.90 Å². The Morgan fingerprint density at radius 1 is 0.882 bits per heavy atom. The lowest BCUT2D eigenvalue weighted by Crippen LogP contribution is -2.48. The SMILES string of the molecule is O=C(Nc1ccc2c(c1)OCO2)c1cccc(S(=O)(=O)N2CCN(c3ccc(F)cc3)CC2)c1. The number of halogens is 1. The number of amides is 1. The molecule has 1 amide bonds. The highest BCUT2D eigenvalue weighted by molar-refractivity contribution is 7.89. The number of benzene rings is 3. The second-order valence-electron chi connectivity index (χ2n) is 7.92. The molecule has 2 aliphatic rings. The average Bonchev–Trinajstić information content (AvgIpc) is 3.33. The molecule has 0 saturated carbocycles. The van der Waals surface area contributed by atoms with Crippen LogP contribution in [0.15, 0.2) is 71.6 Å². The van der Waals surface area contributed by atoms with Crippen LogP contribution in [0.4, 0.5) is 15.8 Å². The Hall–Kier alpha value is -3.63. The number of hydrogen-bond donors (Lipinski definition) is 1. The molecule has 10 heteroatoms. The summed E-state index contributed by atoms with van der Waals surface area (Å²) in [6.45, 7) is 1.66. The zero-order chi connectivity index (χ0) is 23.7. The number of piperazine rings is 1. The van der Waals surface area contributed by atoms with Crippen LogP contribution in [0.25, 0.3) is 0 Å². The third-order valence-electron chi connectivity index (χ3n) is 5.79. The molecule has 176 valence electrons. The summed E-state index contributed by atoms with van der Waals surface area (Å²) in [5, 5.41) is 2.76. The van der Waals surface area contributed by atoms with Gasteiger partial charge in [-0.2, -0.15) is 4.31 Å². The van der Waals surface area contributed by atoms with Gasteiger partial charge in [0, 0.05) is 49.2 Å². The molecule has 2 heterocycles. The van der Waals surface area contributed by atoms with E-state index in [1.807, 2.05) is 4.90 Å². The van der Waals surface area contributed by atoms with E-state index in [1.54, 1.807) is 42.5 Å². The van der Waals surface area contributed by atoms with Gasteiger partial charge in [-0.3, -0.25) is 4.79 Å². The monoisotopic (exact) mass is 483 g/mol. The minimum absolute atomic E-state index is 0.0565. The Bertz CT molecular complexity index is 1320. The normalized spacial score (nSPS) is 15.9. The van der Waals surface area contributed by atoms with Crippen LogP contribution < -0.4 is 19.7 Å². The first kappa shape index (κ1) is 22.2. The van der Waals surface area contributed by atoms with Gasteiger partial charge in [0.2, 0.25) is 16.8 Å². The molecule has 5 rings (SSSR count). The van der Waals surface area contributed by atoms with E-state index in [-0.39, 0.29) is 36.2 Å². The summed E-state index contributed by atoms with van der Waals surface area (Å²) < 4.78 is 51.6. The third kappa shape index (κ3) is 4.42. The highest BCUT2D eigenvalue weighted by Gasteiger charge is 2.29. The van der Waals surface area contributed by atoms with Crippen molar-refractivity contribution in [3.8, 4) is 11.5 Å². The Balaban J connectivity index is 1.27. The Labute approximate surface area is 196 Å². The fourth-order valence-electron chi connectivity index (χ4n) is 3.96. The largest absolute Gasteiger partial charge is 0.454 e. The van der Waals surface area contributed by atoms with Crippen LogP contribution in [0, 0.1) is 5.82 Å². The van der Waals surface area contributed by atoms with Crippen molar-refractivity contribution in [3.05, 3.63) is 78.1 Å². The fourth-order valence-corrected chi connectivity index (χ4v) is 5.43. The van der Waals surface area contributed by atoms with Crippen LogP contribution in [0.5, 0.6) is 11.5 Å². The van der Waals surface area contributed by atoms with Crippen LogP contribution in [-0.4, -0.2) is 51.6 Å². The minimum atomic E-state index is -3.78. The third-order valence-corrected chi connectivity index (χ3v) is 7.69. The minimum Gasteiger partial charge on any atom is -0.454 e. The molecule has 8 nitrogen and oxygen atoms in total. The first-order valence-electron chi connectivity index (χ1n) is 10.7. The molecule has 34 heavy (non-hydrogen) atoms. The van der Waals surface area contributed by atoms with E-state index < -0.39 is 15.9 Å². The summed E-state index contributed by atoms with van der Waals surface area (Å²) in [6, 6.07) is 17.2. The topological polar surface area (TPSA) is 88.2 Å². The standard InChI is InChI=1S/C24H22FN3O5S/c25-18-4-7-20(8-5-18)27-10-12-28(13-11-27)34(30,31)21-3-1-2-17(14-21)24(29)26-19-6-9-22-23(15-19)33-16-32-22/h1-9,14-15H,10-13,16H2,(H,26,29). The number of anilines is 2. The fraction of sp³-hybridized carbons (Fsp3) is 0.208. The molecule has 1 saturated heterocycles. The quantitative estimate of drug-likeness (QED) is 0.599. The Morgan fingerprint density at radius 2 is 1.62 bits per heavy atom. The van der Waals surface area contributed by atoms with E-state index in [4.69, 9.17) is 9.47 Å². The lowest BCUT2D eigenvalue weighted by Gasteiger charge is -2.35. The van der Waals surface area contributed by atoms with Crippen LogP contribution >= 0.6 is 0 Å². The van der Waals surface area contributed by atoms with Gasteiger partial charge in [0.25, 0.3) is 5.91 Å². The molecule has 2 aliphatic heterocycles. The maximum Gasteiger partial charge on any atom is 0.255 e. The number of ether oxygens (including phenoxy) is 2. The van der Waals surface area contributed by atoms with Crippen LogP contribution in [0.1, 0.15) is 10.4 Å². The Kier molecular flexibility index (Phi) is 5.84. The van der Waals surface area contributed by atoms with Crippen LogP contribution in [0.3, 0.4) is 0 Å². The van der Waals surface area contributed by atoms with Gasteiger partial charge in [0.15, 0.2) is 11.5 Å². The van der Waals surface area contributed by atoms with Crippen molar-refractivity contribution < 1.29 is 27.1 Å². The maximum absolute atomic E-state index is 13.2. The molecular formula is C24H22FN3O5S. The first-order chi connectivity index (χ1) is 16.4. The predicted molar refractivity (Wildman–Crippen MR) is 124 cm³/mol. The second kappa shape index (κ2) is 8.96. The van der Waals surface area contributed by atoms with Crippen LogP contribution in [0.2, 0.25) is 0 Å². The molecule has 3 aromatic rings. The lowest BCUT2D eigenvalue weighted by atomic mass is 10.2. The summed E-state index contributed by atoms with van der Waals surface area (Å²) >= 11 is 0. The smallest absolute Gasteiger partial charge is 0.255 e. The summed E-state index contributed by atoms with van der Waals surface area (Å²) in [7, 11) is -3.78. The highest BCUT2D eigenvalue weighted by Crippen LogP contribution is 2.34. The Morgan fingerprint density at radius 3 is 2.38 bits per heavy atom. The van der Waals surface area contributed by atoms with Crippen molar-refractivity contribution in [2.24, 2.45) is 0 Å². The number of hydrogen-bond acceptors (Lipinski definition) is 6. The number of nitrogens with zero attached hydrogens (tertiary/aromatic N) is 2. The molecule has 1 N–H and O–H groups in total. The molecule has 0 atom stereocenters. The number of nitrogens with one attached hydrogen (secondary N) is 1. The molecule has 3 aromatic carbocycles. The molecule has 0 bridgehead atoms. The van der Waals surface area contributed by atoms with E-state index >= 15 is 0 Å². The summed E-state index contributed by atoms with van der Waals surface area (Å²) in [4.78, 5) is 14.8. The molecular weight excluding hydrogens is 461 g/mol. The second-order valence-corrected chi connectivity index (χ2v) is 9.86. The maximum atomic E-state index is 13.2. The van der Waals surface area contributed by atoms with E-state index in [9.17, 15) is 17.6 Å². The zero-order valence-corrected chi connectivity index (χ0v) is 18.9. The van der Waals surface area contributed by atoms with Gasteiger partial charge in [0.05, 0.1) is 4.90 Å². The highest BCUT2D eigenvalue weighted by atomic mass is 32.2. The van der Waals surface area contributed by atoms with Gasteiger partial charge in [-0.25, -0.2) is 12.8 Å². The van der Waals surface area contributed by atoms with Gasteiger partial charge < -0.3 is 19.7 Å². The molecule has 0 unspecified atom stereocenters. The summed E-state index contributed by atoms with van der Waals surface area (Å²) in [5.41, 5.74) is 1.59. The van der Waals surface area contributed by atoms with Crippen molar-refractivity contribution in [1.82, 2.24) is 4.31 Å². The number of sulfonamides is 1. The van der Waals surface area contributed by atoms with Crippen molar-refractivity contribution in [2.75, 3.05) is 43.2 Å². The van der Waals surface area contributed by atoms with E-state index in [0.29, 0.717) is 30.3 Å². The number of carbonyl (C=O) groups is 1. The van der Waals surface area contributed by atoms with E-state index in [0.717, 1.165) is 5.69 Å². The van der Waals surface area contributed by atoms with Gasteiger partial charge in [0.1, 0.15) is 5.82 Å². The van der Waals surface area contributed by atoms with Gasteiger partial charge >= 0.3 is 0 Å². The van der Waals surface area contributed by atoms with Crippen molar-refractivity contribution in [3.63, 3.8) is 0 Å². The molecule has 0 radical (unpaired) electrons. The lowest BCUT2D eigenvalue weighted by molar-refractivity contribution is 0.102. The first-order valence-corrected chi connectivity index (χ1v) is 12.2. The van der Waals surface area contributed by atoms with E-state index in [2.05, 4.69) is 5.32 Å². The summed E-state index contributed by atoms with van der Waals surface area (Å²) in [6.07, 6.45) is 0. The van der Waals surface area contributed by atoms with Gasteiger partial charge in [-0.15, -0.1) is 0 Å². The molecule has 0 aromatic heterocycles. The number of carbonyl (C=O) groups excluding carboxylic acids is 1. The van der Waals surface area contributed by atoms with Crippen molar-refractivity contribution in [1.29, 1.82) is 0 Å². The number of rotatable bonds is 5. The molecule has 0 aliphatic carbocycles. The average molecular weight is 484 g/mol. The number of fused-ring (bicyclic) bond motifs is 1. The summed E-state index contributed by atoms with van der Waals surface area (Å²) in [5.74, 6) is 0.393. The molecule has 0 spiro atoms. The van der Waals surface area contributed by atoms with Crippen LogP contribution in [-0.2, 0) is 10.0 Å². The zero-order valence-electron chi connectivity index (χ0n) is 18.1. The van der Waals surface area contributed by atoms with Crippen molar-refractivity contribution >= 4 is 27.3 Å². The van der Waals surface area contributed by atoms with E-state index in [1.165, 1.54) is 28.6 Å². The van der Waals surface area contributed by atoms with Gasteiger partial charge in [-0.05, 0) is 54.6 Å². The predicted octanol–water partition coefficient (Wildman–Crippen LogP) is 3.32. The molecule has 1 fully saturated rings. The van der Waals surface area contributed by atoms with Gasteiger partial charge in [-0.1, -0.05) is 6.07 Å².